The van der Waals surface area contributed by atoms with Crippen molar-refractivity contribution in [3.63, 3.8) is 0 Å². The van der Waals surface area contributed by atoms with Crippen LogP contribution in [0, 0.1) is 11.7 Å². The third kappa shape index (κ3) is 3.53. The second-order valence-electron chi connectivity index (χ2n) is 5.02. The number of carbonyl (C=O) groups excluding carboxylic acids is 1. The number of carbonyl (C=O) groups is 2. The summed E-state index contributed by atoms with van der Waals surface area (Å²) in [7, 11) is 0. The number of carboxylic acids is 1. The molecule has 1 fully saturated rings. The van der Waals surface area contributed by atoms with Crippen LogP contribution < -0.4 is 5.32 Å². The molecule has 0 aliphatic heterocycles. The highest BCUT2D eigenvalue weighted by atomic mass is 19.1. The van der Waals surface area contributed by atoms with Crippen LogP contribution in [0.2, 0.25) is 0 Å². The first-order valence-electron chi connectivity index (χ1n) is 6.73. The lowest BCUT2D eigenvalue weighted by molar-refractivity contribution is -0.142. The van der Waals surface area contributed by atoms with Crippen LogP contribution >= 0.6 is 0 Å². The molecule has 1 aliphatic carbocycles. The Kier molecular flexibility index (Phi) is 4.65. The molecule has 6 heteroatoms. The van der Waals surface area contributed by atoms with E-state index in [-0.39, 0.29) is 5.69 Å². The van der Waals surface area contributed by atoms with Crippen LogP contribution in [0.1, 0.15) is 42.6 Å². The van der Waals surface area contributed by atoms with Gasteiger partial charge in [-0.2, -0.15) is 0 Å². The third-order valence-electron chi connectivity index (χ3n) is 3.61. The molecule has 0 radical (unpaired) electrons. The molecule has 1 aromatic rings. The van der Waals surface area contributed by atoms with Crippen molar-refractivity contribution in [3.8, 4) is 0 Å². The molecular formula is C14H17FN2O3. The second-order valence-corrected chi connectivity index (χ2v) is 5.02. The van der Waals surface area contributed by atoms with E-state index in [9.17, 15) is 19.1 Å². The van der Waals surface area contributed by atoms with Crippen molar-refractivity contribution >= 4 is 11.9 Å². The van der Waals surface area contributed by atoms with Crippen LogP contribution in [0.15, 0.2) is 18.3 Å². The SMILES string of the molecule is O=C(NC1CCCCCC1C(=O)O)c1ccc(F)cn1. The maximum absolute atomic E-state index is 12.8. The summed E-state index contributed by atoms with van der Waals surface area (Å²) in [6.07, 6.45) is 4.91. The maximum atomic E-state index is 12.8. The first-order chi connectivity index (χ1) is 9.58. The number of halogens is 1. The lowest BCUT2D eigenvalue weighted by atomic mass is 9.95. The normalized spacial score (nSPS) is 22.9. The Morgan fingerprint density at radius 2 is 2.00 bits per heavy atom. The van der Waals surface area contributed by atoms with Crippen LogP contribution in [0.4, 0.5) is 4.39 Å². The molecule has 2 unspecified atom stereocenters. The number of hydrogen-bond donors (Lipinski definition) is 2. The summed E-state index contributed by atoms with van der Waals surface area (Å²) in [5.41, 5.74) is 0.0970. The molecule has 0 spiro atoms. The Balaban J connectivity index is 2.07. The number of hydrogen-bond acceptors (Lipinski definition) is 3. The van der Waals surface area contributed by atoms with Crippen LogP contribution in [0.3, 0.4) is 0 Å². The number of aliphatic carboxylic acids is 1. The summed E-state index contributed by atoms with van der Waals surface area (Å²) >= 11 is 0. The number of pyridine rings is 1. The molecule has 5 nitrogen and oxygen atoms in total. The van der Waals surface area contributed by atoms with Gasteiger partial charge in [-0.3, -0.25) is 9.59 Å². The van der Waals surface area contributed by atoms with E-state index >= 15 is 0 Å². The van der Waals surface area contributed by atoms with Crippen molar-refractivity contribution in [2.75, 3.05) is 0 Å². The van der Waals surface area contributed by atoms with E-state index in [2.05, 4.69) is 10.3 Å². The first kappa shape index (κ1) is 14.4. The lowest BCUT2D eigenvalue weighted by Gasteiger charge is -2.22. The van der Waals surface area contributed by atoms with E-state index in [1.54, 1.807) is 0 Å². The molecule has 1 amide bonds. The molecule has 0 saturated heterocycles. The number of aromatic nitrogens is 1. The fraction of sp³-hybridized carbons (Fsp3) is 0.500. The largest absolute Gasteiger partial charge is 0.481 e. The zero-order valence-corrected chi connectivity index (χ0v) is 11.0. The van der Waals surface area contributed by atoms with E-state index in [0.29, 0.717) is 12.8 Å². The maximum Gasteiger partial charge on any atom is 0.308 e. The van der Waals surface area contributed by atoms with Crippen LogP contribution in [-0.2, 0) is 4.79 Å². The molecule has 1 aliphatic rings. The minimum Gasteiger partial charge on any atom is -0.481 e. The van der Waals surface area contributed by atoms with Gasteiger partial charge in [0.25, 0.3) is 5.91 Å². The van der Waals surface area contributed by atoms with E-state index < -0.39 is 29.7 Å². The number of nitrogens with zero attached hydrogens (tertiary/aromatic N) is 1. The van der Waals surface area contributed by atoms with Gasteiger partial charge in [0, 0.05) is 6.04 Å². The van der Waals surface area contributed by atoms with Crippen molar-refractivity contribution in [1.82, 2.24) is 10.3 Å². The van der Waals surface area contributed by atoms with Gasteiger partial charge in [-0.25, -0.2) is 9.37 Å². The molecule has 20 heavy (non-hydrogen) atoms. The van der Waals surface area contributed by atoms with Gasteiger partial charge in [-0.1, -0.05) is 19.3 Å². The van der Waals surface area contributed by atoms with Crippen molar-refractivity contribution < 1.29 is 19.1 Å². The van der Waals surface area contributed by atoms with Crippen LogP contribution in [0.25, 0.3) is 0 Å². The summed E-state index contributed by atoms with van der Waals surface area (Å²) in [5.74, 6) is -2.42. The first-order valence-corrected chi connectivity index (χ1v) is 6.73. The minimum absolute atomic E-state index is 0.0970. The molecular weight excluding hydrogens is 263 g/mol. The van der Waals surface area contributed by atoms with Crippen molar-refractivity contribution in [2.24, 2.45) is 5.92 Å². The smallest absolute Gasteiger partial charge is 0.308 e. The average molecular weight is 280 g/mol. The zero-order chi connectivity index (χ0) is 14.5. The summed E-state index contributed by atoms with van der Waals surface area (Å²) in [5, 5.41) is 12.0. The topological polar surface area (TPSA) is 79.3 Å². The Hall–Kier alpha value is -1.98. The standard InChI is InChI=1S/C14H17FN2O3/c15-9-6-7-12(16-8-9)13(18)17-11-5-3-1-2-4-10(11)14(19)20/h6-8,10-11H,1-5H2,(H,17,18)(H,19,20). The van der Waals surface area contributed by atoms with Crippen molar-refractivity contribution in [1.29, 1.82) is 0 Å². The fourth-order valence-electron chi connectivity index (χ4n) is 2.53. The number of rotatable bonds is 3. The van der Waals surface area contributed by atoms with E-state index in [1.165, 1.54) is 6.07 Å². The average Bonchev–Trinajstić information content (AvgIpc) is 2.65. The Labute approximate surface area is 116 Å². The summed E-state index contributed by atoms with van der Waals surface area (Å²) in [6.45, 7) is 0. The van der Waals surface area contributed by atoms with Crippen LogP contribution in [0.5, 0.6) is 0 Å². The molecule has 1 saturated carbocycles. The van der Waals surface area contributed by atoms with Gasteiger partial charge < -0.3 is 10.4 Å². The van der Waals surface area contributed by atoms with Gasteiger partial charge >= 0.3 is 5.97 Å². The highest BCUT2D eigenvalue weighted by Gasteiger charge is 2.30. The van der Waals surface area contributed by atoms with Gasteiger partial charge in [-0.05, 0) is 25.0 Å². The summed E-state index contributed by atoms with van der Waals surface area (Å²) < 4.78 is 12.8. The molecule has 2 rings (SSSR count). The van der Waals surface area contributed by atoms with Gasteiger partial charge in [-0.15, -0.1) is 0 Å². The molecule has 108 valence electrons. The Morgan fingerprint density at radius 3 is 2.65 bits per heavy atom. The van der Waals surface area contributed by atoms with Crippen LogP contribution in [-0.4, -0.2) is 28.0 Å². The highest BCUT2D eigenvalue weighted by Crippen LogP contribution is 2.24. The fourth-order valence-corrected chi connectivity index (χ4v) is 2.53. The molecule has 0 bridgehead atoms. The Morgan fingerprint density at radius 1 is 1.25 bits per heavy atom. The molecule has 0 aromatic carbocycles. The van der Waals surface area contributed by atoms with E-state index in [0.717, 1.165) is 31.5 Å². The minimum atomic E-state index is -0.885. The monoisotopic (exact) mass is 280 g/mol. The number of amides is 1. The quantitative estimate of drug-likeness (QED) is 0.830. The predicted molar refractivity (Wildman–Crippen MR) is 69.7 cm³/mol. The zero-order valence-electron chi connectivity index (χ0n) is 11.0. The van der Waals surface area contributed by atoms with E-state index in [4.69, 9.17) is 0 Å². The third-order valence-corrected chi connectivity index (χ3v) is 3.61. The molecule has 2 N–H and O–H groups in total. The highest BCUT2D eigenvalue weighted by molar-refractivity contribution is 5.92. The van der Waals surface area contributed by atoms with E-state index in [1.807, 2.05) is 0 Å². The molecule has 2 atom stereocenters. The summed E-state index contributed by atoms with van der Waals surface area (Å²) in [6, 6.07) is 2.05. The lowest BCUT2D eigenvalue weighted by Crippen LogP contribution is -2.43. The van der Waals surface area contributed by atoms with Gasteiger partial charge in [0.1, 0.15) is 11.5 Å². The molecule has 1 aromatic heterocycles. The van der Waals surface area contributed by atoms with Crippen molar-refractivity contribution in [2.45, 2.75) is 38.1 Å². The number of carboxylic acid groups (broad SMARTS) is 1. The van der Waals surface area contributed by atoms with Gasteiger partial charge in [0.05, 0.1) is 12.1 Å². The Bertz CT molecular complexity index is 490. The number of nitrogens with one attached hydrogen (secondary N) is 1. The second kappa shape index (κ2) is 6.45. The predicted octanol–water partition coefficient (Wildman–Crippen LogP) is 1.98. The van der Waals surface area contributed by atoms with Gasteiger partial charge in [0.2, 0.25) is 0 Å². The summed E-state index contributed by atoms with van der Waals surface area (Å²) in [4.78, 5) is 27.0. The molecule has 1 heterocycles. The van der Waals surface area contributed by atoms with Gasteiger partial charge in [0.15, 0.2) is 0 Å². The van der Waals surface area contributed by atoms with Crippen molar-refractivity contribution in [3.05, 3.63) is 29.8 Å².